The molecular formula is C10H23N. The van der Waals surface area contributed by atoms with Gasteiger partial charge in [-0.25, -0.2) is 0 Å². The molecule has 0 spiro atoms. The number of hydrogen-bond acceptors (Lipinski definition) is 1. The van der Waals surface area contributed by atoms with Gasteiger partial charge in [-0.15, -0.1) is 0 Å². The molecule has 68 valence electrons. The summed E-state index contributed by atoms with van der Waals surface area (Å²) >= 11 is 0. The van der Waals surface area contributed by atoms with E-state index in [0.717, 1.165) is 18.4 Å². The van der Waals surface area contributed by atoms with Crippen molar-refractivity contribution in [2.24, 2.45) is 17.6 Å². The van der Waals surface area contributed by atoms with Gasteiger partial charge < -0.3 is 5.73 Å². The monoisotopic (exact) mass is 157 g/mol. The molecular weight excluding hydrogens is 134 g/mol. The third kappa shape index (κ3) is 6.36. The molecule has 1 heteroatoms. The van der Waals surface area contributed by atoms with Gasteiger partial charge in [0.05, 0.1) is 0 Å². The average Bonchev–Trinajstić information content (AvgIpc) is 1.97. The van der Waals surface area contributed by atoms with E-state index >= 15 is 0 Å². The summed E-state index contributed by atoms with van der Waals surface area (Å²) in [6.45, 7) is 7.80. The van der Waals surface area contributed by atoms with Crippen LogP contribution in [0.4, 0.5) is 0 Å². The van der Waals surface area contributed by atoms with Gasteiger partial charge in [0.25, 0.3) is 0 Å². The molecule has 0 aliphatic heterocycles. The van der Waals surface area contributed by atoms with Crippen molar-refractivity contribution in [1.82, 2.24) is 0 Å². The molecule has 0 saturated heterocycles. The fraction of sp³-hybridized carbons (Fsp3) is 1.00. The van der Waals surface area contributed by atoms with Gasteiger partial charge in [0, 0.05) is 0 Å². The van der Waals surface area contributed by atoms with Crippen molar-refractivity contribution in [1.29, 1.82) is 0 Å². The average molecular weight is 157 g/mol. The van der Waals surface area contributed by atoms with Crippen LogP contribution in [0, 0.1) is 11.8 Å². The smallest absolute Gasteiger partial charge is 0.00773 e. The van der Waals surface area contributed by atoms with Gasteiger partial charge in [-0.2, -0.15) is 0 Å². The highest BCUT2D eigenvalue weighted by molar-refractivity contribution is 4.57. The third-order valence-corrected chi connectivity index (χ3v) is 2.50. The van der Waals surface area contributed by atoms with Gasteiger partial charge in [0.15, 0.2) is 0 Å². The molecule has 11 heavy (non-hydrogen) atoms. The number of rotatable bonds is 6. The Bertz CT molecular complexity index is 78.9. The first-order chi connectivity index (χ1) is 5.18. The van der Waals surface area contributed by atoms with Crippen molar-refractivity contribution >= 4 is 0 Å². The summed E-state index contributed by atoms with van der Waals surface area (Å²) in [6.07, 6.45) is 5.24. The Morgan fingerprint density at radius 1 is 1.00 bits per heavy atom. The van der Waals surface area contributed by atoms with E-state index in [1.165, 1.54) is 25.7 Å². The Kier molecular flexibility index (Phi) is 6.63. The van der Waals surface area contributed by atoms with Crippen molar-refractivity contribution < 1.29 is 0 Å². The highest BCUT2D eigenvalue weighted by Gasteiger charge is 2.05. The first-order valence-corrected chi connectivity index (χ1v) is 4.88. The zero-order valence-corrected chi connectivity index (χ0v) is 8.27. The summed E-state index contributed by atoms with van der Waals surface area (Å²) in [5.74, 6) is 1.72. The predicted octanol–water partition coefficient (Wildman–Crippen LogP) is 2.80. The van der Waals surface area contributed by atoms with Gasteiger partial charge in [0.1, 0.15) is 0 Å². The zero-order chi connectivity index (χ0) is 8.69. The Labute approximate surface area is 71.4 Å². The van der Waals surface area contributed by atoms with Gasteiger partial charge in [-0.3, -0.25) is 0 Å². The van der Waals surface area contributed by atoms with Crippen LogP contribution in [0.2, 0.25) is 0 Å². The van der Waals surface area contributed by atoms with E-state index in [-0.39, 0.29) is 0 Å². The van der Waals surface area contributed by atoms with Crippen molar-refractivity contribution in [3.05, 3.63) is 0 Å². The van der Waals surface area contributed by atoms with Gasteiger partial charge in [0.2, 0.25) is 0 Å². The number of nitrogens with two attached hydrogens (primary N) is 1. The first kappa shape index (κ1) is 11.0. The van der Waals surface area contributed by atoms with E-state index < -0.39 is 0 Å². The minimum absolute atomic E-state index is 0.841. The van der Waals surface area contributed by atoms with Gasteiger partial charge in [-0.1, -0.05) is 40.0 Å². The molecule has 0 saturated carbocycles. The molecule has 0 radical (unpaired) electrons. The van der Waals surface area contributed by atoms with E-state index in [0.29, 0.717) is 0 Å². The second-order valence-corrected chi connectivity index (χ2v) is 3.86. The largest absolute Gasteiger partial charge is 0.330 e. The Morgan fingerprint density at radius 3 is 2.09 bits per heavy atom. The molecule has 0 bridgehead atoms. The van der Waals surface area contributed by atoms with Gasteiger partial charge in [-0.05, 0) is 24.8 Å². The first-order valence-electron chi connectivity index (χ1n) is 4.88. The van der Waals surface area contributed by atoms with Crippen molar-refractivity contribution in [3.8, 4) is 0 Å². The number of hydrogen-bond donors (Lipinski definition) is 1. The molecule has 1 nitrogen and oxygen atoms in total. The highest BCUT2D eigenvalue weighted by atomic mass is 14.5. The Balaban J connectivity index is 3.10. The topological polar surface area (TPSA) is 26.0 Å². The summed E-state index contributed by atoms with van der Waals surface area (Å²) in [5.41, 5.74) is 5.41. The van der Waals surface area contributed by atoms with E-state index in [2.05, 4.69) is 20.8 Å². The summed E-state index contributed by atoms with van der Waals surface area (Å²) in [7, 11) is 0. The van der Waals surface area contributed by atoms with Crippen LogP contribution in [0.3, 0.4) is 0 Å². The highest BCUT2D eigenvalue weighted by Crippen LogP contribution is 2.17. The van der Waals surface area contributed by atoms with Crippen molar-refractivity contribution in [2.75, 3.05) is 6.54 Å². The fourth-order valence-electron chi connectivity index (χ4n) is 1.12. The van der Waals surface area contributed by atoms with Crippen LogP contribution in [0.15, 0.2) is 0 Å². The number of unbranched alkanes of at least 4 members (excludes halogenated alkanes) is 2. The van der Waals surface area contributed by atoms with Crippen LogP contribution in [-0.4, -0.2) is 6.54 Å². The molecule has 0 aliphatic rings. The summed E-state index contributed by atoms with van der Waals surface area (Å²) in [5, 5.41) is 0. The quantitative estimate of drug-likeness (QED) is 0.589. The molecule has 1 atom stereocenters. The van der Waals surface area contributed by atoms with E-state index in [1.807, 2.05) is 0 Å². The SMILES string of the molecule is CC(C)C(C)CCCCCN. The summed E-state index contributed by atoms with van der Waals surface area (Å²) in [6, 6.07) is 0. The van der Waals surface area contributed by atoms with Crippen LogP contribution in [0.1, 0.15) is 46.5 Å². The molecule has 0 rings (SSSR count). The molecule has 0 amide bonds. The summed E-state index contributed by atoms with van der Waals surface area (Å²) in [4.78, 5) is 0. The minimum Gasteiger partial charge on any atom is -0.330 e. The van der Waals surface area contributed by atoms with Crippen molar-refractivity contribution in [2.45, 2.75) is 46.5 Å². The van der Waals surface area contributed by atoms with Crippen LogP contribution >= 0.6 is 0 Å². The minimum atomic E-state index is 0.841. The lowest BCUT2D eigenvalue weighted by molar-refractivity contribution is 0.376. The maximum Gasteiger partial charge on any atom is -0.00773 e. The third-order valence-electron chi connectivity index (χ3n) is 2.50. The van der Waals surface area contributed by atoms with Gasteiger partial charge >= 0.3 is 0 Å². The lowest BCUT2D eigenvalue weighted by Crippen LogP contribution is -2.04. The van der Waals surface area contributed by atoms with Crippen molar-refractivity contribution in [3.63, 3.8) is 0 Å². The predicted molar refractivity (Wildman–Crippen MR) is 51.5 cm³/mol. The van der Waals surface area contributed by atoms with Crippen LogP contribution < -0.4 is 5.73 Å². The maximum atomic E-state index is 5.41. The fourth-order valence-corrected chi connectivity index (χ4v) is 1.12. The van der Waals surface area contributed by atoms with Crippen LogP contribution in [0.25, 0.3) is 0 Å². The molecule has 0 heterocycles. The summed E-state index contributed by atoms with van der Waals surface area (Å²) < 4.78 is 0. The Morgan fingerprint density at radius 2 is 1.64 bits per heavy atom. The molecule has 0 aliphatic carbocycles. The van der Waals surface area contributed by atoms with Crippen LogP contribution in [0.5, 0.6) is 0 Å². The van der Waals surface area contributed by atoms with E-state index in [1.54, 1.807) is 0 Å². The lowest BCUT2D eigenvalue weighted by atomic mass is 9.92. The molecule has 0 aromatic carbocycles. The second-order valence-electron chi connectivity index (χ2n) is 3.86. The molecule has 0 fully saturated rings. The van der Waals surface area contributed by atoms with E-state index in [9.17, 15) is 0 Å². The molecule has 0 aromatic rings. The second kappa shape index (κ2) is 6.66. The van der Waals surface area contributed by atoms with E-state index in [4.69, 9.17) is 5.73 Å². The maximum absolute atomic E-state index is 5.41. The molecule has 0 aromatic heterocycles. The molecule has 2 N–H and O–H groups in total. The zero-order valence-electron chi connectivity index (χ0n) is 8.27. The van der Waals surface area contributed by atoms with Crippen LogP contribution in [-0.2, 0) is 0 Å². The standard InChI is InChI=1S/C10H23N/c1-9(2)10(3)7-5-4-6-8-11/h9-10H,4-8,11H2,1-3H3. The lowest BCUT2D eigenvalue weighted by Gasteiger charge is -2.14. The normalized spacial score (nSPS) is 13.9. The molecule has 1 unspecified atom stereocenters. The Hall–Kier alpha value is -0.0400.